The molecule has 0 aliphatic heterocycles. The van der Waals surface area contributed by atoms with Gasteiger partial charge in [-0.2, -0.15) is 0 Å². The van der Waals surface area contributed by atoms with Crippen molar-refractivity contribution in [2.45, 2.75) is 39.7 Å². The van der Waals surface area contributed by atoms with Gasteiger partial charge in [-0.1, -0.05) is 13.2 Å². The molecule has 0 saturated carbocycles. The van der Waals surface area contributed by atoms with E-state index in [2.05, 4.69) is 29.2 Å². The van der Waals surface area contributed by atoms with Crippen molar-refractivity contribution in [3.8, 4) is 0 Å². The topological polar surface area (TPSA) is 89.5 Å². The Bertz CT molecular complexity index is 455. The molecule has 0 fully saturated rings. The van der Waals surface area contributed by atoms with Crippen LogP contribution in [0, 0.1) is 6.92 Å². The molecule has 0 atom stereocenters. The smallest absolute Gasteiger partial charge is 0.462 e. The fourth-order valence-electron chi connectivity index (χ4n) is 1.42. The number of ether oxygens (including phenoxy) is 2. The largest absolute Gasteiger partial charge is 0.500 e. The van der Waals surface area contributed by atoms with Crippen LogP contribution in [0.2, 0.25) is 6.04 Å². The molecule has 1 radical (unpaired) electrons. The molecule has 0 rings (SSSR count). The summed E-state index contributed by atoms with van der Waals surface area (Å²) in [6.45, 7) is 17.2. The van der Waals surface area contributed by atoms with E-state index >= 15 is 0 Å². The van der Waals surface area contributed by atoms with Crippen molar-refractivity contribution >= 4 is 31.2 Å². The number of hydrogen-bond acceptors (Lipinski definition) is 8. The second kappa shape index (κ2) is 21.4. The molecule has 0 aromatic heterocycles. The molecule has 0 bridgehead atoms. The van der Waals surface area contributed by atoms with Crippen LogP contribution >= 0.6 is 0 Å². The highest BCUT2D eigenvalue weighted by Gasteiger charge is 2.36. The van der Waals surface area contributed by atoms with Gasteiger partial charge in [-0.3, -0.25) is 0 Å². The molecule has 0 amide bonds. The maximum absolute atomic E-state index is 11.1. The summed E-state index contributed by atoms with van der Waals surface area (Å²) < 4.78 is 30.0. The molecule has 0 aromatic rings. The number of carbonyl (C=O) groups excluding carboxylic acids is 2. The number of carbonyl (C=O) groups is 2. The number of rotatable bonds is 12. The lowest BCUT2D eigenvalue weighted by Gasteiger charge is -2.24. The van der Waals surface area contributed by atoms with Crippen LogP contribution in [0.4, 0.5) is 0 Å². The van der Waals surface area contributed by atoms with E-state index in [0.29, 0.717) is 43.2 Å². The van der Waals surface area contributed by atoms with Crippen LogP contribution in [0.25, 0.3) is 0 Å². The van der Waals surface area contributed by atoms with E-state index in [-0.39, 0.29) is 11.9 Å². The fraction of sp³-hybridized carbons (Fsp3) is 0.632. The van der Waals surface area contributed by atoms with Crippen LogP contribution in [0.5, 0.6) is 0 Å². The highest BCUT2D eigenvalue weighted by Crippen LogP contribution is 2.14. The van der Waals surface area contributed by atoms with Crippen LogP contribution in [0.15, 0.2) is 24.3 Å². The summed E-state index contributed by atoms with van der Waals surface area (Å²) in [5, 5.41) is 0. The summed E-state index contributed by atoms with van der Waals surface area (Å²) in [6, 6.07) is 0.611. The minimum atomic E-state index is -2.53. The Balaban J connectivity index is -0.000000435. The van der Waals surface area contributed by atoms with Gasteiger partial charge in [-0.15, -0.1) is 0 Å². The Morgan fingerprint density at radius 1 is 0.897 bits per heavy atom. The molecule has 10 heteroatoms. The zero-order valence-corrected chi connectivity index (χ0v) is 22.1. The molecule has 0 aliphatic rings. The standard InChI is InChI=1S/C10H20O5Si.C7H11O2.C2H8OSi/c1-9(2)10(11)15-7-6-8-16(12-3,13-4)14-5;1-4-5-9-7(8)6(2)3;1-2-3-4/h1,6-8H2,2-5H3;1-2,4-5H2,3H3;2H2,1,4H3. The molecule has 0 heterocycles. The van der Waals surface area contributed by atoms with Crippen LogP contribution < -0.4 is 0 Å². The second-order valence-corrected chi connectivity index (χ2v) is 9.33. The van der Waals surface area contributed by atoms with Crippen molar-refractivity contribution in [3.63, 3.8) is 0 Å². The predicted octanol–water partition coefficient (Wildman–Crippen LogP) is 2.01. The van der Waals surface area contributed by atoms with Gasteiger partial charge in [-0.05, 0) is 40.5 Å². The van der Waals surface area contributed by atoms with Gasteiger partial charge in [0.15, 0.2) is 0 Å². The Morgan fingerprint density at radius 3 is 1.55 bits per heavy atom. The lowest BCUT2D eigenvalue weighted by atomic mass is 10.4. The molecule has 0 saturated heterocycles. The average molecular weight is 452 g/mol. The van der Waals surface area contributed by atoms with Crippen molar-refractivity contribution in [1.82, 2.24) is 0 Å². The van der Waals surface area contributed by atoms with E-state index < -0.39 is 8.80 Å². The maximum atomic E-state index is 11.1. The molecular weight excluding hydrogens is 412 g/mol. The summed E-state index contributed by atoms with van der Waals surface area (Å²) >= 11 is 0. The maximum Gasteiger partial charge on any atom is 0.500 e. The van der Waals surface area contributed by atoms with E-state index in [4.69, 9.17) is 18.0 Å². The molecule has 29 heavy (non-hydrogen) atoms. The van der Waals surface area contributed by atoms with Crippen LogP contribution in [-0.2, 0) is 36.8 Å². The first-order chi connectivity index (χ1) is 13.6. The first-order valence-electron chi connectivity index (χ1n) is 9.20. The van der Waals surface area contributed by atoms with Crippen molar-refractivity contribution in [3.05, 3.63) is 31.2 Å². The first-order valence-corrected chi connectivity index (χ1v) is 11.9. The van der Waals surface area contributed by atoms with Crippen LogP contribution in [-0.4, -0.2) is 72.4 Å². The minimum Gasteiger partial charge on any atom is -0.462 e. The van der Waals surface area contributed by atoms with Crippen molar-refractivity contribution in [2.75, 3.05) is 41.2 Å². The third-order valence-electron chi connectivity index (χ3n) is 3.16. The minimum absolute atomic E-state index is 0.316. The highest BCUT2D eigenvalue weighted by atomic mass is 28.4. The fourth-order valence-corrected chi connectivity index (χ4v) is 3.11. The summed E-state index contributed by atoms with van der Waals surface area (Å²) in [5.41, 5.74) is 0.831. The molecule has 0 aromatic carbocycles. The SMILES string of the molecule is C=C(C)C(=O)OCCC[Si](OC)(OC)OC.CCO[SiH3].[CH2]CCOC(=O)C(=C)C. The average Bonchev–Trinajstić information content (AvgIpc) is 2.72. The third kappa shape index (κ3) is 19.8. The van der Waals surface area contributed by atoms with Crippen LogP contribution in [0.1, 0.15) is 33.6 Å². The van der Waals surface area contributed by atoms with Gasteiger partial charge in [0, 0.05) is 45.1 Å². The van der Waals surface area contributed by atoms with Gasteiger partial charge in [0.05, 0.1) is 13.2 Å². The summed E-state index contributed by atoms with van der Waals surface area (Å²) in [5.74, 6) is -0.710. The molecule has 171 valence electrons. The monoisotopic (exact) mass is 451 g/mol. The number of esters is 2. The predicted molar refractivity (Wildman–Crippen MR) is 119 cm³/mol. The normalized spacial score (nSPS) is 10.0. The lowest BCUT2D eigenvalue weighted by molar-refractivity contribution is -0.139. The highest BCUT2D eigenvalue weighted by molar-refractivity contribution is 6.60. The number of hydrogen-bond donors (Lipinski definition) is 0. The molecule has 0 unspecified atom stereocenters. The third-order valence-corrected chi connectivity index (χ3v) is 6.57. The molecular formula is C19H39O8Si2. The van der Waals surface area contributed by atoms with Crippen LogP contribution in [0.3, 0.4) is 0 Å². The summed E-state index contributed by atoms with van der Waals surface area (Å²) in [6.07, 6.45) is 1.25. The van der Waals surface area contributed by atoms with Gasteiger partial charge in [0.2, 0.25) is 0 Å². The van der Waals surface area contributed by atoms with Gasteiger partial charge in [-0.25, -0.2) is 9.59 Å². The molecule has 0 N–H and O–H groups in total. The van der Waals surface area contributed by atoms with E-state index in [1.807, 2.05) is 6.92 Å². The van der Waals surface area contributed by atoms with E-state index in [1.54, 1.807) is 35.2 Å². The zero-order chi connectivity index (χ0) is 23.3. The Hall–Kier alpha value is -1.31. The van der Waals surface area contributed by atoms with Gasteiger partial charge < -0.3 is 27.2 Å². The summed E-state index contributed by atoms with van der Waals surface area (Å²) in [4.78, 5) is 21.6. The first kappa shape index (κ1) is 32.4. The quantitative estimate of drug-likeness (QED) is 0.193. The second-order valence-electron chi connectivity index (χ2n) is 5.66. The van der Waals surface area contributed by atoms with E-state index in [1.165, 1.54) is 0 Å². The van der Waals surface area contributed by atoms with Gasteiger partial charge in [0.1, 0.15) is 10.5 Å². The van der Waals surface area contributed by atoms with Crippen molar-refractivity contribution in [1.29, 1.82) is 0 Å². The Morgan fingerprint density at radius 2 is 1.28 bits per heavy atom. The van der Waals surface area contributed by atoms with Crippen molar-refractivity contribution < 1.29 is 36.8 Å². The van der Waals surface area contributed by atoms with Crippen molar-refractivity contribution in [2.24, 2.45) is 0 Å². The molecule has 8 nitrogen and oxygen atoms in total. The van der Waals surface area contributed by atoms with Gasteiger partial charge >= 0.3 is 20.7 Å². The Kier molecular flexibility index (Phi) is 23.9. The van der Waals surface area contributed by atoms with E-state index in [0.717, 1.165) is 17.1 Å². The zero-order valence-electron chi connectivity index (χ0n) is 19.1. The lowest BCUT2D eigenvalue weighted by Crippen LogP contribution is -2.42. The molecule has 0 aliphatic carbocycles. The Labute approximate surface area is 180 Å². The summed E-state index contributed by atoms with van der Waals surface area (Å²) in [7, 11) is 3.02. The van der Waals surface area contributed by atoms with E-state index in [9.17, 15) is 9.59 Å². The van der Waals surface area contributed by atoms with Gasteiger partial charge in [0.25, 0.3) is 0 Å². The molecule has 0 spiro atoms.